The van der Waals surface area contributed by atoms with Crippen molar-refractivity contribution >= 4 is 29.5 Å². The Morgan fingerprint density at radius 2 is 1.83 bits per heavy atom. The van der Waals surface area contributed by atoms with E-state index >= 15 is 0 Å². The molecule has 29 heavy (non-hydrogen) atoms. The average Bonchev–Trinajstić information content (AvgIpc) is 2.68. The van der Waals surface area contributed by atoms with Gasteiger partial charge in [-0.05, 0) is 55.7 Å². The largest absolute Gasteiger partial charge is 0.370 e. The summed E-state index contributed by atoms with van der Waals surface area (Å²) in [7, 11) is 0. The maximum absolute atomic E-state index is 12.9. The summed E-state index contributed by atoms with van der Waals surface area (Å²) in [5, 5.41) is 0.622. The number of primary amides is 1. The molecule has 152 valence electrons. The maximum atomic E-state index is 12.9. The van der Waals surface area contributed by atoms with Crippen LogP contribution in [-0.2, 0) is 9.59 Å². The first kappa shape index (κ1) is 21.1. The molecule has 2 aromatic rings. The van der Waals surface area contributed by atoms with Crippen LogP contribution in [0.4, 0.5) is 0 Å². The van der Waals surface area contributed by atoms with Crippen molar-refractivity contribution in [3.8, 4) is 0 Å². The van der Waals surface area contributed by atoms with Gasteiger partial charge in [0.1, 0.15) is 0 Å². The minimum atomic E-state index is -0.410. The number of amides is 2. The number of aryl methyl sites for hydroxylation is 1. The number of nitrogens with zero attached hydrogens (tertiary/aromatic N) is 2. The summed E-state index contributed by atoms with van der Waals surface area (Å²) >= 11 is 5.95. The van der Waals surface area contributed by atoms with Crippen molar-refractivity contribution in [1.29, 1.82) is 0 Å². The molecule has 0 saturated carbocycles. The van der Waals surface area contributed by atoms with Crippen LogP contribution in [0.15, 0.2) is 48.0 Å². The first-order valence-corrected chi connectivity index (χ1v) is 10.2. The summed E-state index contributed by atoms with van der Waals surface area (Å²) in [6.07, 6.45) is 4.21. The molecule has 1 atom stereocenters. The standard InChI is InChI=1S/C23H26ClN3O2/c1-16-3-2-4-21(26-16)13-17-9-11-27(12-10-17)23(29)15-19(14-22(25)28)18-5-7-20(24)8-6-18/h2-8,13,19H,9-12,14-15H2,1H3,(H2,25,28). The van der Waals surface area contributed by atoms with Gasteiger partial charge in [0.25, 0.3) is 0 Å². The number of benzene rings is 1. The number of hydrogen-bond donors (Lipinski definition) is 1. The second-order valence-corrected chi connectivity index (χ2v) is 7.95. The van der Waals surface area contributed by atoms with Gasteiger partial charge in [-0.25, -0.2) is 0 Å². The Labute approximate surface area is 176 Å². The number of aromatic nitrogens is 1. The molecule has 0 aliphatic carbocycles. The minimum absolute atomic E-state index is 0.0546. The normalized spacial score (nSPS) is 15.1. The van der Waals surface area contributed by atoms with Crippen LogP contribution in [0.5, 0.6) is 0 Å². The Hall–Kier alpha value is -2.66. The van der Waals surface area contributed by atoms with Crippen molar-refractivity contribution in [3.63, 3.8) is 0 Å². The molecule has 5 nitrogen and oxygen atoms in total. The van der Waals surface area contributed by atoms with Crippen molar-refractivity contribution in [3.05, 3.63) is 70.0 Å². The summed E-state index contributed by atoms with van der Waals surface area (Å²) < 4.78 is 0. The van der Waals surface area contributed by atoms with Crippen molar-refractivity contribution in [2.45, 2.75) is 38.5 Å². The molecular formula is C23H26ClN3O2. The van der Waals surface area contributed by atoms with Gasteiger partial charge in [-0.1, -0.05) is 35.4 Å². The van der Waals surface area contributed by atoms with Gasteiger partial charge in [0.05, 0.1) is 5.69 Å². The zero-order valence-electron chi connectivity index (χ0n) is 16.6. The second kappa shape index (κ2) is 9.70. The quantitative estimate of drug-likeness (QED) is 0.777. The number of carbonyl (C=O) groups excluding carboxylic acids is 2. The van der Waals surface area contributed by atoms with Gasteiger partial charge in [-0.2, -0.15) is 0 Å². The molecule has 0 spiro atoms. The molecule has 2 N–H and O–H groups in total. The number of rotatable bonds is 6. The van der Waals surface area contributed by atoms with Gasteiger partial charge in [0.15, 0.2) is 0 Å². The molecule has 0 radical (unpaired) electrons. The van der Waals surface area contributed by atoms with E-state index in [1.54, 1.807) is 12.1 Å². The van der Waals surface area contributed by atoms with Gasteiger partial charge in [-0.3, -0.25) is 14.6 Å². The predicted molar refractivity (Wildman–Crippen MR) is 115 cm³/mol. The maximum Gasteiger partial charge on any atom is 0.223 e. The third-order valence-electron chi connectivity index (χ3n) is 5.23. The molecule has 1 aromatic heterocycles. The molecule has 1 unspecified atom stereocenters. The lowest BCUT2D eigenvalue weighted by atomic mass is 9.91. The molecule has 1 fully saturated rings. The van der Waals surface area contributed by atoms with E-state index < -0.39 is 5.91 Å². The van der Waals surface area contributed by atoms with Crippen molar-refractivity contribution in [2.24, 2.45) is 5.73 Å². The second-order valence-electron chi connectivity index (χ2n) is 7.51. The van der Waals surface area contributed by atoms with Gasteiger partial charge in [-0.15, -0.1) is 0 Å². The molecule has 2 heterocycles. The van der Waals surface area contributed by atoms with Gasteiger partial charge in [0.2, 0.25) is 11.8 Å². The number of hydrogen-bond acceptors (Lipinski definition) is 3. The highest BCUT2D eigenvalue weighted by atomic mass is 35.5. The van der Waals surface area contributed by atoms with E-state index in [1.165, 1.54) is 5.57 Å². The van der Waals surface area contributed by atoms with Crippen molar-refractivity contribution < 1.29 is 9.59 Å². The summed E-state index contributed by atoms with van der Waals surface area (Å²) in [5.74, 6) is -0.586. The molecule has 6 heteroatoms. The minimum Gasteiger partial charge on any atom is -0.370 e. The lowest BCUT2D eigenvalue weighted by Crippen LogP contribution is -2.37. The summed E-state index contributed by atoms with van der Waals surface area (Å²) in [5.41, 5.74) is 9.58. The van der Waals surface area contributed by atoms with Crippen molar-refractivity contribution in [2.75, 3.05) is 13.1 Å². The number of likely N-dealkylation sites (tertiary alicyclic amines) is 1. The van der Waals surface area contributed by atoms with Crippen LogP contribution >= 0.6 is 11.6 Å². The SMILES string of the molecule is Cc1cccc(C=C2CCN(C(=O)CC(CC(N)=O)c3ccc(Cl)cc3)CC2)n1. The highest BCUT2D eigenvalue weighted by molar-refractivity contribution is 6.30. The first-order valence-electron chi connectivity index (χ1n) is 9.85. The van der Waals surface area contributed by atoms with Crippen LogP contribution < -0.4 is 5.73 Å². The predicted octanol–water partition coefficient (Wildman–Crippen LogP) is 4.10. The topological polar surface area (TPSA) is 76.3 Å². The van der Waals surface area contributed by atoms with Crippen LogP contribution in [0.3, 0.4) is 0 Å². The fraction of sp³-hybridized carbons (Fsp3) is 0.348. The molecule has 1 aromatic carbocycles. The number of pyridine rings is 1. The fourth-order valence-corrected chi connectivity index (χ4v) is 3.79. The van der Waals surface area contributed by atoms with Gasteiger partial charge >= 0.3 is 0 Å². The Kier molecular flexibility index (Phi) is 7.04. The number of halogens is 1. The Morgan fingerprint density at radius 3 is 2.45 bits per heavy atom. The van der Waals surface area contributed by atoms with E-state index in [0.29, 0.717) is 18.1 Å². The third-order valence-corrected chi connectivity index (χ3v) is 5.48. The third kappa shape index (κ3) is 6.16. The lowest BCUT2D eigenvalue weighted by molar-refractivity contribution is -0.132. The molecule has 1 saturated heterocycles. The zero-order valence-corrected chi connectivity index (χ0v) is 17.4. The summed E-state index contributed by atoms with van der Waals surface area (Å²) in [4.78, 5) is 30.8. The number of nitrogens with two attached hydrogens (primary N) is 1. The molecular weight excluding hydrogens is 386 g/mol. The van der Waals surface area contributed by atoms with Crippen LogP contribution in [-0.4, -0.2) is 34.8 Å². The van der Waals surface area contributed by atoms with E-state index in [0.717, 1.165) is 29.8 Å². The smallest absolute Gasteiger partial charge is 0.223 e. The van der Waals surface area contributed by atoms with E-state index in [1.807, 2.05) is 42.2 Å². The fourth-order valence-electron chi connectivity index (χ4n) is 3.67. The highest BCUT2D eigenvalue weighted by Crippen LogP contribution is 2.27. The van der Waals surface area contributed by atoms with Crippen LogP contribution in [0.1, 0.15) is 48.6 Å². The Balaban J connectivity index is 1.61. The van der Waals surface area contributed by atoms with Crippen LogP contribution in [0, 0.1) is 6.92 Å². The van der Waals surface area contributed by atoms with Crippen molar-refractivity contribution in [1.82, 2.24) is 9.88 Å². The van der Waals surface area contributed by atoms with Gasteiger partial charge in [0, 0.05) is 42.6 Å². The average molecular weight is 412 g/mol. The summed E-state index contributed by atoms with van der Waals surface area (Å²) in [6, 6.07) is 13.2. The number of piperidine rings is 1. The molecule has 1 aliphatic rings. The first-order chi connectivity index (χ1) is 13.9. The monoisotopic (exact) mass is 411 g/mol. The lowest BCUT2D eigenvalue weighted by Gasteiger charge is -2.30. The van der Waals surface area contributed by atoms with E-state index in [2.05, 4.69) is 11.1 Å². The Morgan fingerprint density at radius 1 is 1.14 bits per heavy atom. The van der Waals surface area contributed by atoms with Crippen LogP contribution in [0.25, 0.3) is 6.08 Å². The van der Waals surface area contributed by atoms with E-state index in [9.17, 15) is 9.59 Å². The van der Waals surface area contributed by atoms with Crippen LogP contribution in [0.2, 0.25) is 5.02 Å². The van der Waals surface area contributed by atoms with E-state index in [4.69, 9.17) is 17.3 Å². The highest BCUT2D eigenvalue weighted by Gasteiger charge is 2.24. The Bertz CT molecular complexity index is 899. The molecule has 0 bridgehead atoms. The number of carbonyl (C=O) groups is 2. The molecule has 1 aliphatic heterocycles. The zero-order chi connectivity index (χ0) is 20.8. The van der Waals surface area contributed by atoms with E-state index in [-0.39, 0.29) is 24.7 Å². The van der Waals surface area contributed by atoms with Gasteiger partial charge < -0.3 is 10.6 Å². The molecule has 2 amide bonds. The summed E-state index contributed by atoms with van der Waals surface area (Å²) in [6.45, 7) is 3.34. The molecule has 3 rings (SSSR count).